The molecule has 28 heavy (non-hydrogen) atoms. The van der Waals surface area contributed by atoms with Gasteiger partial charge in [0.2, 0.25) is 5.91 Å². The number of carbonyl (C=O) groups excluding carboxylic acids is 2. The maximum atomic E-state index is 12.7. The predicted molar refractivity (Wildman–Crippen MR) is 112 cm³/mol. The maximum absolute atomic E-state index is 12.7. The molecule has 1 fully saturated rings. The topological polar surface area (TPSA) is 85.1 Å². The summed E-state index contributed by atoms with van der Waals surface area (Å²) in [6, 6.07) is 11.3. The number of rotatable bonds is 6. The van der Waals surface area contributed by atoms with Crippen LogP contribution < -0.4 is 11.1 Å². The van der Waals surface area contributed by atoms with Gasteiger partial charge in [-0.25, -0.2) is 4.98 Å². The Morgan fingerprint density at radius 2 is 2.00 bits per heavy atom. The Morgan fingerprint density at radius 3 is 2.64 bits per heavy atom. The Kier molecular flexibility index (Phi) is 6.47. The van der Waals surface area contributed by atoms with Crippen LogP contribution in [-0.4, -0.2) is 23.2 Å². The lowest BCUT2D eigenvalue weighted by Gasteiger charge is -2.40. The second-order valence-corrected chi connectivity index (χ2v) is 8.11. The van der Waals surface area contributed by atoms with E-state index in [0.717, 1.165) is 30.7 Å². The molecule has 0 bridgehead atoms. The molecule has 0 aliphatic heterocycles. The number of nitrogens with two attached hydrogens (primary N) is 1. The van der Waals surface area contributed by atoms with Crippen molar-refractivity contribution in [2.45, 2.75) is 44.4 Å². The molecule has 5 nitrogen and oxygen atoms in total. The third-order valence-corrected chi connectivity index (χ3v) is 5.99. The van der Waals surface area contributed by atoms with Crippen molar-refractivity contribution < 1.29 is 9.59 Å². The molecule has 1 amide bonds. The summed E-state index contributed by atoms with van der Waals surface area (Å²) in [5.41, 5.74) is 7.89. The lowest BCUT2D eigenvalue weighted by atomic mass is 9.66. The van der Waals surface area contributed by atoms with Gasteiger partial charge in [-0.2, -0.15) is 0 Å². The summed E-state index contributed by atoms with van der Waals surface area (Å²) in [6.45, 7) is 2.00. The van der Waals surface area contributed by atoms with Crippen LogP contribution in [-0.2, 0) is 10.2 Å². The van der Waals surface area contributed by atoms with Crippen LogP contribution in [0, 0.1) is 5.92 Å². The molecule has 1 aromatic heterocycles. The monoisotopic (exact) mass is 399 g/mol. The highest BCUT2D eigenvalue weighted by atomic mass is 35.5. The highest BCUT2D eigenvalue weighted by Gasteiger charge is 2.36. The minimum atomic E-state index is -0.205. The largest absolute Gasteiger partial charge is 0.330 e. The van der Waals surface area contributed by atoms with Gasteiger partial charge in [-0.3, -0.25) is 9.59 Å². The molecule has 0 unspecified atom stereocenters. The van der Waals surface area contributed by atoms with Crippen molar-refractivity contribution in [3.05, 3.63) is 58.7 Å². The van der Waals surface area contributed by atoms with Crippen molar-refractivity contribution in [1.82, 2.24) is 4.98 Å². The van der Waals surface area contributed by atoms with E-state index in [4.69, 9.17) is 17.3 Å². The van der Waals surface area contributed by atoms with Gasteiger partial charge in [-0.1, -0.05) is 23.7 Å². The molecule has 1 aromatic carbocycles. The van der Waals surface area contributed by atoms with Crippen molar-refractivity contribution in [2.75, 3.05) is 11.9 Å². The number of Topliss-reactive ketones (excluding diaryl/α,β-unsaturated/α-hetero) is 1. The number of amides is 1. The molecule has 0 radical (unpaired) electrons. The number of nitrogens with zero attached hydrogens (tertiary/aromatic N) is 1. The first kappa shape index (κ1) is 20.5. The zero-order valence-electron chi connectivity index (χ0n) is 16.1. The summed E-state index contributed by atoms with van der Waals surface area (Å²) in [6.07, 6.45) is 5.88. The Hall–Kier alpha value is -2.24. The average Bonchev–Trinajstić information content (AvgIpc) is 2.68. The molecule has 0 spiro atoms. The van der Waals surface area contributed by atoms with Crippen molar-refractivity contribution in [1.29, 1.82) is 0 Å². The molecule has 6 heteroatoms. The van der Waals surface area contributed by atoms with Crippen LogP contribution in [0.4, 0.5) is 5.82 Å². The molecule has 0 atom stereocenters. The number of ketones is 1. The van der Waals surface area contributed by atoms with E-state index in [-0.39, 0.29) is 17.1 Å². The minimum Gasteiger partial charge on any atom is -0.330 e. The van der Waals surface area contributed by atoms with Gasteiger partial charge in [0.15, 0.2) is 5.78 Å². The molecule has 3 rings (SSSR count). The third kappa shape index (κ3) is 4.78. The molecule has 3 N–H and O–H groups in total. The van der Waals surface area contributed by atoms with E-state index >= 15 is 0 Å². The number of anilines is 1. The molecular weight excluding hydrogens is 374 g/mol. The van der Waals surface area contributed by atoms with Crippen LogP contribution in [0.25, 0.3) is 0 Å². The van der Waals surface area contributed by atoms with E-state index in [1.165, 1.54) is 12.5 Å². The van der Waals surface area contributed by atoms with E-state index < -0.39 is 0 Å². The van der Waals surface area contributed by atoms with E-state index in [2.05, 4.69) is 16.4 Å². The molecule has 1 aliphatic rings. The summed E-state index contributed by atoms with van der Waals surface area (Å²) in [7, 11) is 0. The Morgan fingerprint density at radius 1 is 1.25 bits per heavy atom. The standard InChI is InChI=1S/C22H26ClN3O2/c1-15(27)26-21-12-17(7-10-25-21)20(28)11-16-5-8-22(14-24,9-6-16)18-3-2-4-19(23)13-18/h2-4,7,10,12-13,16H,5-6,8-9,11,14,24H2,1H3,(H,25,26,27). The first-order chi connectivity index (χ1) is 13.4. The smallest absolute Gasteiger partial charge is 0.222 e. The molecular formula is C22H26ClN3O2. The quantitative estimate of drug-likeness (QED) is 0.707. The minimum absolute atomic E-state index is 0.0559. The van der Waals surface area contributed by atoms with Crippen LogP contribution >= 0.6 is 11.6 Å². The van der Waals surface area contributed by atoms with Crippen molar-refractivity contribution in [3.63, 3.8) is 0 Å². The second kappa shape index (κ2) is 8.84. The predicted octanol–water partition coefficient (Wildman–Crippen LogP) is 4.35. The highest BCUT2D eigenvalue weighted by Crippen LogP contribution is 2.42. The normalized spacial score (nSPS) is 21.9. The zero-order chi connectivity index (χ0) is 20.1. The number of hydrogen-bond acceptors (Lipinski definition) is 4. The van der Waals surface area contributed by atoms with Crippen LogP contribution in [0.5, 0.6) is 0 Å². The summed E-state index contributed by atoms with van der Waals surface area (Å²) in [5, 5.41) is 3.35. The molecule has 2 aromatic rings. The van der Waals surface area contributed by atoms with Gasteiger partial charge in [-0.15, -0.1) is 0 Å². The Balaban J connectivity index is 1.63. The first-order valence-corrected chi connectivity index (χ1v) is 10.0. The number of aromatic nitrogens is 1. The fourth-order valence-electron chi connectivity index (χ4n) is 4.10. The van der Waals surface area contributed by atoms with E-state index in [0.29, 0.717) is 30.3 Å². The molecule has 148 valence electrons. The number of carbonyl (C=O) groups is 2. The summed E-state index contributed by atoms with van der Waals surface area (Å²) >= 11 is 6.18. The second-order valence-electron chi connectivity index (χ2n) is 7.68. The highest BCUT2D eigenvalue weighted by molar-refractivity contribution is 6.30. The molecule has 1 heterocycles. The lowest BCUT2D eigenvalue weighted by Crippen LogP contribution is -2.39. The fourth-order valence-corrected chi connectivity index (χ4v) is 4.29. The number of pyridine rings is 1. The van der Waals surface area contributed by atoms with E-state index in [9.17, 15) is 9.59 Å². The van der Waals surface area contributed by atoms with Crippen molar-refractivity contribution in [3.8, 4) is 0 Å². The van der Waals surface area contributed by atoms with Gasteiger partial charge in [-0.05, 0) is 61.4 Å². The summed E-state index contributed by atoms with van der Waals surface area (Å²) in [5.74, 6) is 0.624. The summed E-state index contributed by atoms with van der Waals surface area (Å²) in [4.78, 5) is 28.0. The van der Waals surface area contributed by atoms with Gasteiger partial charge in [0.05, 0.1) is 0 Å². The van der Waals surface area contributed by atoms with Crippen LogP contribution in [0.3, 0.4) is 0 Å². The molecule has 1 saturated carbocycles. The number of hydrogen-bond donors (Lipinski definition) is 2. The van der Waals surface area contributed by atoms with Crippen LogP contribution in [0.2, 0.25) is 5.02 Å². The zero-order valence-corrected chi connectivity index (χ0v) is 16.8. The van der Waals surface area contributed by atoms with Gasteiger partial charge in [0.25, 0.3) is 0 Å². The maximum Gasteiger partial charge on any atom is 0.222 e. The fraction of sp³-hybridized carbons (Fsp3) is 0.409. The van der Waals surface area contributed by atoms with Crippen molar-refractivity contribution >= 4 is 29.1 Å². The van der Waals surface area contributed by atoms with Gasteiger partial charge in [0.1, 0.15) is 5.82 Å². The Labute approximate surface area is 170 Å². The lowest BCUT2D eigenvalue weighted by molar-refractivity contribution is -0.114. The van der Waals surface area contributed by atoms with E-state index in [1.807, 2.05) is 18.2 Å². The number of nitrogens with one attached hydrogen (secondary N) is 1. The summed E-state index contributed by atoms with van der Waals surface area (Å²) < 4.78 is 0. The van der Waals surface area contributed by atoms with Crippen molar-refractivity contribution in [2.24, 2.45) is 11.7 Å². The number of halogens is 1. The van der Waals surface area contributed by atoms with E-state index in [1.54, 1.807) is 18.3 Å². The van der Waals surface area contributed by atoms with Gasteiger partial charge in [0, 0.05) is 42.1 Å². The van der Waals surface area contributed by atoms with Crippen LogP contribution in [0.15, 0.2) is 42.6 Å². The third-order valence-electron chi connectivity index (χ3n) is 5.75. The average molecular weight is 400 g/mol. The van der Waals surface area contributed by atoms with Gasteiger partial charge < -0.3 is 11.1 Å². The Bertz CT molecular complexity index is 860. The van der Waals surface area contributed by atoms with Gasteiger partial charge >= 0.3 is 0 Å². The first-order valence-electron chi connectivity index (χ1n) is 9.65. The SMILES string of the molecule is CC(=O)Nc1cc(C(=O)CC2CCC(CN)(c3cccc(Cl)c3)CC2)ccn1. The number of benzene rings is 1. The van der Waals surface area contributed by atoms with Crippen LogP contribution in [0.1, 0.15) is 54.9 Å². The molecule has 0 saturated heterocycles. The molecule has 1 aliphatic carbocycles.